The predicted molar refractivity (Wildman–Crippen MR) is 78.5 cm³/mol. The van der Waals surface area contributed by atoms with Gasteiger partial charge in [0.15, 0.2) is 5.13 Å². The molecule has 104 valence electrons. The highest BCUT2D eigenvalue weighted by atomic mass is 32.1. The Kier molecular flexibility index (Phi) is 7.96. The molecule has 0 aromatic carbocycles. The third kappa shape index (κ3) is 5.33. The summed E-state index contributed by atoms with van der Waals surface area (Å²) in [6.45, 7) is 11.9. The van der Waals surface area contributed by atoms with E-state index in [9.17, 15) is 0 Å². The molecule has 0 fully saturated rings. The lowest BCUT2D eigenvalue weighted by molar-refractivity contribution is 0.144. The third-order valence-electron chi connectivity index (χ3n) is 2.72. The average Bonchev–Trinajstić information content (AvgIpc) is 2.84. The minimum Gasteiger partial charge on any atom is -0.382 e. The van der Waals surface area contributed by atoms with Crippen LogP contribution in [0, 0.1) is 0 Å². The van der Waals surface area contributed by atoms with Crippen LogP contribution in [0.4, 0.5) is 5.13 Å². The Morgan fingerprint density at radius 1 is 1.33 bits per heavy atom. The summed E-state index contributed by atoms with van der Waals surface area (Å²) in [7, 11) is 0. The molecule has 1 rings (SSSR count). The molecule has 1 aromatic heterocycles. The average molecular weight is 271 g/mol. The van der Waals surface area contributed by atoms with Crippen molar-refractivity contribution in [2.24, 2.45) is 0 Å². The van der Waals surface area contributed by atoms with Crippen molar-refractivity contribution < 1.29 is 4.74 Å². The molecule has 0 amide bonds. The Balaban J connectivity index is 2.23. The highest BCUT2D eigenvalue weighted by molar-refractivity contribution is 7.15. The number of nitrogens with zero attached hydrogens (tertiary/aromatic N) is 2. The van der Waals surface area contributed by atoms with Crippen LogP contribution < -0.4 is 10.2 Å². The van der Waals surface area contributed by atoms with Gasteiger partial charge in [-0.3, -0.25) is 0 Å². The molecule has 0 aliphatic heterocycles. The first kappa shape index (κ1) is 15.4. The number of hydrogen-bond donors (Lipinski definition) is 1. The van der Waals surface area contributed by atoms with E-state index in [2.05, 4.69) is 29.0 Å². The lowest BCUT2D eigenvalue weighted by atomic mass is 10.4. The van der Waals surface area contributed by atoms with E-state index in [4.69, 9.17) is 4.74 Å². The van der Waals surface area contributed by atoms with E-state index in [0.29, 0.717) is 0 Å². The summed E-state index contributed by atoms with van der Waals surface area (Å²) >= 11 is 1.78. The normalized spacial score (nSPS) is 10.8. The van der Waals surface area contributed by atoms with Gasteiger partial charge in [-0.25, -0.2) is 4.98 Å². The second kappa shape index (κ2) is 9.30. The first-order chi connectivity index (χ1) is 8.81. The van der Waals surface area contributed by atoms with Gasteiger partial charge in [-0.05, 0) is 33.7 Å². The van der Waals surface area contributed by atoms with Gasteiger partial charge >= 0.3 is 0 Å². The molecule has 0 atom stereocenters. The molecule has 0 saturated carbocycles. The van der Waals surface area contributed by atoms with Gasteiger partial charge in [0.2, 0.25) is 0 Å². The molecular weight excluding hydrogens is 246 g/mol. The van der Waals surface area contributed by atoms with E-state index in [-0.39, 0.29) is 0 Å². The Labute approximate surface area is 114 Å². The lowest BCUT2D eigenvalue weighted by Gasteiger charge is -2.16. The van der Waals surface area contributed by atoms with Gasteiger partial charge in [-0.1, -0.05) is 0 Å². The zero-order valence-electron chi connectivity index (χ0n) is 11.7. The van der Waals surface area contributed by atoms with Crippen molar-refractivity contribution in [3.63, 3.8) is 0 Å². The molecule has 0 saturated heterocycles. The van der Waals surface area contributed by atoms with Crippen LogP contribution in [-0.4, -0.2) is 37.8 Å². The van der Waals surface area contributed by atoms with Crippen LogP contribution in [0.15, 0.2) is 6.20 Å². The maximum atomic E-state index is 5.29. The van der Waals surface area contributed by atoms with Gasteiger partial charge in [-0.15, -0.1) is 11.3 Å². The quantitative estimate of drug-likeness (QED) is 0.664. The molecule has 4 nitrogen and oxygen atoms in total. The fourth-order valence-corrected chi connectivity index (χ4v) is 2.68. The molecule has 0 unspecified atom stereocenters. The summed E-state index contributed by atoms with van der Waals surface area (Å²) in [6.07, 6.45) is 3.05. The number of anilines is 1. The van der Waals surface area contributed by atoms with E-state index in [1.54, 1.807) is 11.3 Å². The van der Waals surface area contributed by atoms with Crippen LogP contribution in [0.2, 0.25) is 0 Å². The zero-order chi connectivity index (χ0) is 13.2. The largest absolute Gasteiger partial charge is 0.382 e. The van der Waals surface area contributed by atoms with Crippen LogP contribution in [-0.2, 0) is 11.3 Å². The summed E-state index contributed by atoms with van der Waals surface area (Å²) in [5.41, 5.74) is 0. The molecule has 0 bridgehead atoms. The molecule has 1 heterocycles. The van der Waals surface area contributed by atoms with Gasteiger partial charge in [0, 0.05) is 43.9 Å². The van der Waals surface area contributed by atoms with E-state index >= 15 is 0 Å². The molecule has 0 spiro atoms. The van der Waals surface area contributed by atoms with E-state index in [1.807, 2.05) is 13.1 Å². The highest BCUT2D eigenvalue weighted by Crippen LogP contribution is 2.21. The second-order valence-electron chi connectivity index (χ2n) is 4.01. The number of rotatable bonds is 10. The minimum absolute atomic E-state index is 0.808. The van der Waals surface area contributed by atoms with E-state index < -0.39 is 0 Å². The van der Waals surface area contributed by atoms with E-state index in [0.717, 1.165) is 50.9 Å². The van der Waals surface area contributed by atoms with Gasteiger partial charge in [0.25, 0.3) is 0 Å². The smallest absolute Gasteiger partial charge is 0.185 e. The highest BCUT2D eigenvalue weighted by Gasteiger charge is 2.06. The topological polar surface area (TPSA) is 37.4 Å². The van der Waals surface area contributed by atoms with Crippen molar-refractivity contribution in [2.75, 3.05) is 37.7 Å². The predicted octanol–water partition coefficient (Wildman–Crippen LogP) is 2.51. The van der Waals surface area contributed by atoms with Gasteiger partial charge in [0.05, 0.1) is 0 Å². The summed E-state index contributed by atoms with van der Waals surface area (Å²) < 4.78 is 5.29. The SMILES string of the molecule is CCOCCCNCc1cnc(N(CC)CC)s1. The molecule has 0 radical (unpaired) electrons. The summed E-state index contributed by atoms with van der Waals surface area (Å²) in [5.74, 6) is 0. The van der Waals surface area contributed by atoms with Crippen molar-refractivity contribution in [3.8, 4) is 0 Å². The van der Waals surface area contributed by atoms with Crippen LogP contribution in [0.5, 0.6) is 0 Å². The molecule has 0 aliphatic rings. The Morgan fingerprint density at radius 2 is 2.11 bits per heavy atom. The molecular formula is C13H25N3OS. The van der Waals surface area contributed by atoms with Gasteiger partial charge in [-0.2, -0.15) is 0 Å². The maximum Gasteiger partial charge on any atom is 0.185 e. The number of hydrogen-bond acceptors (Lipinski definition) is 5. The number of thiazole rings is 1. The van der Waals surface area contributed by atoms with Crippen molar-refractivity contribution in [1.82, 2.24) is 10.3 Å². The molecule has 0 aliphatic carbocycles. The molecule has 1 N–H and O–H groups in total. The molecule has 5 heteroatoms. The Hall–Kier alpha value is -0.650. The van der Waals surface area contributed by atoms with Crippen LogP contribution in [0.25, 0.3) is 0 Å². The van der Waals surface area contributed by atoms with Crippen LogP contribution >= 0.6 is 11.3 Å². The van der Waals surface area contributed by atoms with Crippen molar-refractivity contribution in [3.05, 3.63) is 11.1 Å². The molecule has 1 aromatic rings. The molecule has 18 heavy (non-hydrogen) atoms. The standard InChI is InChI=1S/C13H25N3OS/c1-4-16(5-2)13-15-11-12(18-13)10-14-8-7-9-17-6-3/h11,14H,4-10H2,1-3H3. The number of aromatic nitrogens is 1. The van der Waals surface area contributed by atoms with Crippen molar-refractivity contribution >= 4 is 16.5 Å². The van der Waals surface area contributed by atoms with Gasteiger partial charge in [0.1, 0.15) is 0 Å². The Morgan fingerprint density at radius 3 is 2.78 bits per heavy atom. The number of nitrogens with one attached hydrogen (secondary N) is 1. The monoisotopic (exact) mass is 271 g/mol. The van der Waals surface area contributed by atoms with E-state index in [1.165, 1.54) is 4.88 Å². The van der Waals surface area contributed by atoms with Crippen molar-refractivity contribution in [2.45, 2.75) is 33.7 Å². The fourth-order valence-electron chi connectivity index (χ4n) is 1.67. The summed E-state index contributed by atoms with van der Waals surface area (Å²) in [4.78, 5) is 8.05. The number of ether oxygens (including phenoxy) is 1. The third-order valence-corrected chi connectivity index (χ3v) is 3.78. The summed E-state index contributed by atoms with van der Waals surface area (Å²) in [6, 6.07) is 0. The minimum atomic E-state index is 0.808. The zero-order valence-corrected chi connectivity index (χ0v) is 12.6. The lowest BCUT2D eigenvalue weighted by Crippen LogP contribution is -2.21. The van der Waals surface area contributed by atoms with Crippen LogP contribution in [0.1, 0.15) is 32.1 Å². The van der Waals surface area contributed by atoms with Gasteiger partial charge < -0.3 is 15.0 Å². The second-order valence-corrected chi connectivity index (χ2v) is 5.10. The fraction of sp³-hybridized carbons (Fsp3) is 0.769. The Bertz CT molecular complexity index is 313. The van der Waals surface area contributed by atoms with Crippen LogP contribution in [0.3, 0.4) is 0 Å². The summed E-state index contributed by atoms with van der Waals surface area (Å²) in [5, 5.41) is 4.55. The maximum absolute atomic E-state index is 5.29. The first-order valence-corrected chi connectivity index (χ1v) is 7.61. The first-order valence-electron chi connectivity index (χ1n) is 6.79. The van der Waals surface area contributed by atoms with Crippen molar-refractivity contribution in [1.29, 1.82) is 0 Å².